The summed E-state index contributed by atoms with van der Waals surface area (Å²) in [6, 6.07) is 16.7. The quantitative estimate of drug-likeness (QED) is 0.521. The predicted molar refractivity (Wildman–Crippen MR) is 93.1 cm³/mol. The maximum atomic E-state index is 12.3. The summed E-state index contributed by atoms with van der Waals surface area (Å²) in [5.41, 5.74) is 2.25. The number of carbonyl (C=O) groups excluding carboxylic acids is 1. The van der Waals surface area contributed by atoms with Gasteiger partial charge in [0, 0.05) is 5.56 Å². The highest BCUT2D eigenvalue weighted by molar-refractivity contribution is 5.89. The molecule has 7 nitrogen and oxygen atoms in total. The van der Waals surface area contributed by atoms with E-state index in [1.807, 2.05) is 48.5 Å². The topological polar surface area (TPSA) is 91.0 Å². The Hall–Kier alpha value is -3.61. The number of ether oxygens (including phenoxy) is 1. The Morgan fingerprint density at radius 1 is 1.00 bits per heavy atom. The Kier molecular flexibility index (Phi) is 4.10. The summed E-state index contributed by atoms with van der Waals surface area (Å²) in [6.07, 6.45) is 0.682. The zero-order chi connectivity index (χ0) is 17.9. The molecule has 0 aliphatic carbocycles. The van der Waals surface area contributed by atoms with Crippen LogP contribution in [-0.2, 0) is 4.74 Å². The average Bonchev–Trinajstić information content (AvgIpc) is 3.18. The van der Waals surface area contributed by atoms with Gasteiger partial charge in [-0.15, -0.1) is 10.2 Å². The van der Waals surface area contributed by atoms with Crippen LogP contribution in [0.15, 0.2) is 65.2 Å². The van der Waals surface area contributed by atoms with Gasteiger partial charge in [-0.25, -0.2) is 9.78 Å². The molecule has 0 spiro atoms. The molecule has 0 unspecified atom stereocenters. The minimum Gasteiger partial charge on any atom is -0.448 e. The standard InChI is InChI=1S/C19H14N4O3/c1-12(17-22-23-18(26-17)13-7-3-2-4-8-13)25-19(24)16-11-20-14-9-5-6-10-15(14)21-16/h2-12H,1H3/t12-/m1/s1. The number of esters is 1. The molecular weight excluding hydrogens is 332 g/mol. The van der Waals surface area contributed by atoms with Crippen molar-refractivity contribution in [1.29, 1.82) is 0 Å². The van der Waals surface area contributed by atoms with Crippen molar-refractivity contribution in [1.82, 2.24) is 20.2 Å². The number of para-hydroxylation sites is 2. The summed E-state index contributed by atoms with van der Waals surface area (Å²) < 4.78 is 11.0. The van der Waals surface area contributed by atoms with Crippen LogP contribution in [0.1, 0.15) is 29.4 Å². The number of aromatic nitrogens is 4. The number of hydrogen-bond acceptors (Lipinski definition) is 7. The monoisotopic (exact) mass is 346 g/mol. The first kappa shape index (κ1) is 15.9. The smallest absolute Gasteiger partial charge is 0.359 e. The molecule has 7 heteroatoms. The number of fused-ring (bicyclic) bond motifs is 1. The summed E-state index contributed by atoms with van der Waals surface area (Å²) in [5, 5.41) is 7.95. The summed E-state index contributed by atoms with van der Waals surface area (Å²) in [6.45, 7) is 1.66. The Labute approximate surface area is 148 Å². The van der Waals surface area contributed by atoms with Crippen molar-refractivity contribution in [2.45, 2.75) is 13.0 Å². The molecule has 0 amide bonds. The molecular formula is C19H14N4O3. The fourth-order valence-electron chi connectivity index (χ4n) is 2.42. The van der Waals surface area contributed by atoms with E-state index in [2.05, 4.69) is 20.2 Å². The Bertz CT molecular complexity index is 1060. The van der Waals surface area contributed by atoms with Gasteiger partial charge >= 0.3 is 5.97 Å². The number of hydrogen-bond donors (Lipinski definition) is 0. The molecule has 4 rings (SSSR count). The van der Waals surface area contributed by atoms with E-state index in [0.717, 1.165) is 5.56 Å². The van der Waals surface area contributed by atoms with Gasteiger partial charge in [0.25, 0.3) is 5.89 Å². The Morgan fingerprint density at radius 3 is 2.54 bits per heavy atom. The van der Waals surface area contributed by atoms with Crippen molar-refractivity contribution in [3.8, 4) is 11.5 Å². The summed E-state index contributed by atoms with van der Waals surface area (Å²) in [4.78, 5) is 20.8. The van der Waals surface area contributed by atoms with Crippen LogP contribution in [0.2, 0.25) is 0 Å². The highest BCUT2D eigenvalue weighted by atomic mass is 16.6. The molecule has 128 valence electrons. The fourth-order valence-corrected chi connectivity index (χ4v) is 2.42. The van der Waals surface area contributed by atoms with E-state index in [1.165, 1.54) is 6.20 Å². The van der Waals surface area contributed by atoms with Crippen LogP contribution in [0.5, 0.6) is 0 Å². The van der Waals surface area contributed by atoms with Crippen molar-refractivity contribution in [3.63, 3.8) is 0 Å². The summed E-state index contributed by atoms with van der Waals surface area (Å²) >= 11 is 0. The molecule has 2 aromatic carbocycles. The van der Waals surface area contributed by atoms with Gasteiger partial charge in [-0.05, 0) is 31.2 Å². The molecule has 1 atom stereocenters. The van der Waals surface area contributed by atoms with Gasteiger partial charge < -0.3 is 9.15 Å². The van der Waals surface area contributed by atoms with Crippen LogP contribution in [0.25, 0.3) is 22.5 Å². The third kappa shape index (κ3) is 3.14. The minimum absolute atomic E-state index is 0.123. The van der Waals surface area contributed by atoms with Crippen molar-refractivity contribution in [2.24, 2.45) is 0 Å². The maximum Gasteiger partial charge on any atom is 0.359 e. The SMILES string of the molecule is C[C@@H](OC(=O)c1cnc2ccccc2n1)c1nnc(-c2ccccc2)o1. The molecule has 0 radical (unpaired) electrons. The van der Waals surface area contributed by atoms with Crippen molar-refractivity contribution < 1.29 is 13.9 Å². The molecule has 4 aromatic rings. The van der Waals surface area contributed by atoms with E-state index >= 15 is 0 Å². The molecule has 0 fully saturated rings. The first-order chi connectivity index (χ1) is 12.7. The van der Waals surface area contributed by atoms with Crippen LogP contribution in [0.4, 0.5) is 0 Å². The number of carbonyl (C=O) groups is 1. The molecule has 0 aliphatic rings. The van der Waals surface area contributed by atoms with E-state index in [-0.39, 0.29) is 11.6 Å². The second-order valence-electron chi connectivity index (χ2n) is 5.60. The highest BCUT2D eigenvalue weighted by Crippen LogP contribution is 2.22. The number of benzene rings is 2. The van der Waals surface area contributed by atoms with E-state index in [1.54, 1.807) is 13.0 Å². The van der Waals surface area contributed by atoms with E-state index < -0.39 is 12.1 Å². The van der Waals surface area contributed by atoms with Crippen LogP contribution in [0.3, 0.4) is 0 Å². The van der Waals surface area contributed by atoms with Gasteiger partial charge in [0.05, 0.1) is 17.2 Å². The van der Waals surface area contributed by atoms with Gasteiger partial charge in [-0.1, -0.05) is 30.3 Å². The lowest BCUT2D eigenvalue weighted by Crippen LogP contribution is -2.11. The lowest BCUT2D eigenvalue weighted by molar-refractivity contribution is 0.0273. The second-order valence-corrected chi connectivity index (χ2v) is 5.60. The molecule has 2 heterocycles. The molecule has 2 aromatic heterocycles. The number of rotatable bonds is 4. The summed E-state index contributed by atoms with van der Waals surface area (Å²) in [5.74, 6) is -0.0184. The number of nitrogens with zero attached hydrogens (tertiary/aromatic N) is 4. The van der Waals surface area contributed by atoms with Gasteiger partial charge in [0.1, 0.15) is 0 Å². The van der Waals surface area contributed by atoms with Crippen LogP contribution in [-0.4, -0.2) is 26.1 Å². The zero-order valence-corrected chi connectivity index (χ0v) is 13.9. The minimum atomic E-state index is -0.708. The lowest BCUT2D eigenvalue weighted by atomic mass is 10.2. The molecule has 0 saturated heterocycles. The third-order valence-corrected chi connectivity index (χ3v) is 3.75. The van der Waals surface area contributed by atoms with Gasteiger partial charge in [0.15, 0.2) is 11.8 Å². The molecule has 0 aliphatic heterocycles. The summed E-state index contributed by atoms with van der Waals surface area (Å²) in [7, 11) is 0. The van der Waals surface area contributed by atoms with Crippen molar-refractivity contribution >= 4 is 17.0 Å². The van der Waals surface area contributed by atoms with E-state index in [4.69, 9.17) is 9.15 Å². The molecule has 0 saturated carbocycles. The normalized spacial score (nSPS) is 12.0. The fraction of sp³-hybridized carbons (Fsp3) is 0.105. The highest BCUT2D eigenvalue weighted by Gasteiger charge is 2.21. The van der Waals surface area contributed by atoms with Crippen LogP contribution in [0, 0.1) is 0 Å². The average molecular weight is 346 g/mol. The Morgan fingerprint density at radius 2 is 1.73 bits per heavy atom. The van der Waals surface area contributed by atoms with Gasteiger partial charge in [-0.2, -0.15) is 0 Å². The second kappa shape index (κ2) is 6.72. The maximum absolute atomic E-state index is 12.3. The van der Waals surface area contributed by atoms with Crippen molar-refractivity contribution in [2.75, 3.05) is 0 Å². The van der Waals surface area contributed by atoms with Crippen LogP contribution < -0.4 is 0 Å². The van der Waals surface area contributed by atoms with Gasteiger partial charge in [-0.3, -0.25) is 4.98 Å². The molecule has 26 heavy (non-hydrogen) atoms. The largest absolute Gasteiger partial charge is 0.448 e. The third-order valence-electron chi connectivity index (χ3n) is 3.75. The van der Waals surface area contributed by atoms with Crippen LogP contribution >= 0.6 is 0 Å². The lowest BCUT2D eigenvalue weighted by Gasteiger charge is -2.09. The predicted octanol–water partition coefficient (Wildman–Crippen LogP) is 3.60. The first-order valence-corrected chi connectivity index (χ1v) is 8.02. The molecule has 0 bridgehead atoms. The van der Waals surface area contributed by atoms with Gasteiger partial charge in [0.2, 0.25) is 5.89 Å². The molecule has 0 N–H and O–H groups in total. The zero-order valence-electron chi connectivity index (χ0n) is 13.9. The van der Waals surface area contributed by atoms with Crippen molar-refractivity contribution in [3.05, 3.63) is 72.4 Å². The van der Waals surface area contributed by atoms with E-state index in [9.17, 15) is 4.79 Å². The first-order valence-electron chi connectivity index (χ1n) is 8.02. The Balaban J connectivity index is 1.51. The van der Waals surface area contributed by atoms with E-state index in [0.29, 0.717) is 16.9 Å².